The second-order valence-electron chi connectivity index (χ2n) is 9.82. The number of pyridine rings is 1. The van der Waals surface area contributed by atoms with Gasteiger partial charge in [0.2, 0.25) is 5.69 Å². The van der Waals surface area contributed by atoms with Crippen LogP contribution < -0.4 is 5.32 Å². The molecule has 38 heavy (non-hydrogen) atoms. The van der Waals surface area contributed by atoms with E-state index in [4.69, 9.17) is 11.6 Å². The summed E-state index contributed by atoms with van der Waals surface area (Å²) in [5, 5.41) is 9.42. The Morgan fingerprint density at radius 3 is 2.92 bits per heavy atom. The molecule has 1 aromatic carbocycles. The van der Waals surface area contributed by atoms with E-state index in [0.717, 1.165) is 29.3 Å². The van der Waals surface area contributed by atoms with E-state index in [-0.39, 0.29) is 17.7 Å². The molecule has 10 nitrogen and oxygen atoms in total. The van der Waals surface area contributed by atoms with Gasteiger partial charge >= 0.3 is 0 Å². The molecule has 1 aliphatic heterocycles. The lowest BCUT2D eigenvalue weighted by Gasteiger charge is -2.17. The average Bonchev–Trinajstić information content (AvgIpc) is 3.52. The lowest BCUT2D eigenvalue weighted by atomic mass is 10.0. The molecule has 0 unspecified atom stereocenters. The number of amides is 1. The highest BCUT2D eigenvalue weighted by Crippen LogP contribution is 2.35. The summed E-state index contributed by atoms with van der Waals surface area (Å²) in [5.41, 5.74) is 2.46. The second-order valence-corrected chi connectivity index (χ2v) is 13.1. The minimum Gasteiger partial charge on any atom is -0.315 e. The Balaban J connectivity index is 1.25. The number of fused-ring (bicyclic) bond motifs is 2. The fourth-order valence-electron chi connectivity index (χ4n) is 5.31. The Hall–Kier alpha value is -3.27. The molecule has 2 fully saturated rings. The summed E-state index contributed by atoms with van der Waals surface area (Å²) in [6.07, 6.45) is 6.41. The van der Waals surface area contributed by atoms with Crippen LogP contribution in [0.15, 0.2) is 45.6 Å². The molecule has 1 aliphatic carbocycles. The Kier molecular flexibility index (Phi) is 6.67. The van der Waals surface area contributed by atoms with E-state index >= 15 is 0 Å². The van der Waals surface area contributed by atoms with Crippen molar-refractivity contribution in [2.45, 2.75) is 25.7 Å². The Morgan fingerprint density at radius 1 is 1.26 bits per heavy atom. The number of carbonyl (C=O) groups is 1. The topological polar surface area (TPSA) is 119 Å². The molecule has 12 heteroatoms. The molecule has 194 valence electrons. The first-order valence-electron chi connectivity index (χ1n) is 12.6. The van der Waals surface area contributed by atoms with Crippen molar-refractivity contribution in [3.05, 3.63) is 58.5 Å². The van der Waals surface area contributed by atoms with Crippen LogP contribution in [0.3, 0.4) is 0 Å². The van der Waals surface area contributed by atoms with Crippen LogP contribution in [0.5, 0.6) is 0 Å². The van der Waals surface area contributed by atoms with Gasteiger partial charge in [-0.25, -0.2) is 23.7 Å². The first-order chi connectivity index (χ1) is 18.4. The predicted octanol–water partition coefficient (Wildman–Crippen LogP) is 4.23. The van der Waals surface area contributed by atoms with Crippen LogP contribution in [0.4, 0.5) is 5.69 Å². The molecule has 4 aromatic rings. The molecule has 1 N–H and O–H groups in total. The van der Waals surface area contributed by atoms with Gasteiger partial charge in [-0.15, -0.1) is 0 Å². The molecule has 6 rings (SSSR count). The average molecular weight is 594 g/mol. The standard InChI is InChI=1S/C26H25BrN8O2S/c1-28-21-14-19(13-17-3-2-6-30-23(17)21)35-25-20(24(27)33-35)15-31-22(32-25)12-16-4-5-18(11-16)26(36)34-38(37)9-7-29-8-10-38/h2-3,6,13-16,18,29H,4-5,7-12H2/t16-,18-/m1/s1. The largest absolute Gasteiger partial charge is 0.315 e. The normalized spacial score (nSPS) is 20.9. The molecular weight excluding hydrogens is 568 g/mol. The molecule has 0 spiro atoms. The van der Waals surface area contributed by atoms with Crippen molar-refractivity contribution in [2.75, 3.05) is 24.6 Å². The van der Waals surface area contributed by atoms with E-state index in [1.54, 1.807) is 23.1 Å². The van der Waals surface area contributed by atoms with Gasteiger partial charge in [0.05, 0.1) is 32.9 Å². The van der Waals surface area contributed by atoms with Gasteiger partial charge in [0.25, 0.3) is 5.91 Å². The van der Waals surface area contributed by atoms with Gasteiger partial charge in [0.1, 0.15) is 10.4 Å². The SMILES string of the molecule is [C-]#[N+]c1cc(-n2nc(Br)c3cnc(C[C@@H]4CC[C@@H](C(=O)N=S5(=O)CCNCC5)C4)nc32)cc2cccnc12. The number of hydrogen-bond acceptors (Lipinski definition) is 7. The quantitative estimate of drug-likeness (QED) is 0.352. The van der Waals surface area contributed by atoms with Crippen molar-refractivity contribution in [3.8, 4) is 5.69 Å². The summed E-state index contributed by atoms with van der Waals surface area (Å²) in [6, 6.07) is 7.48. The molecule has 2 atom stereocenters. The predicted molar refractivity (Wildman–Crippen MR) is 149 cm³/mol. The molecule has 1 saturated heterocycles. The smallest absolute Gasteiger partial charge is 0.256 e. The zero-order valence-electron chi connectivity index (χ0n) is 20.5. The number of rotatable bonds is 4. The second kappa shape index (κ2) is 10.1. The van der Waals surface area contributed by atoms with E-state index < -0.39 is 9.73 Å². The van der Waals surface area contributed by atoms with Gasteiger partial charge in [-0.3, -0.25) is 9.78 Å². The summed E-state index contributed by atoms with van der Waals surface area (Å²) in [6.45, 7) is 8.90. The highest BCUT2D eigenvalue weighted by molar-refractivity contribution is 9.10. The third kappa shape index (κ3) is 4.81. The van der Waals surface area contributed by atoms with Crippen molar-refractivity contribution < 1.29 is 9.00 Å². The molecule has 3 aromatic heterocycles. The third-order valence-electron chi connectivity index (χ3n) is 7.28. The van der Waals surface area contributed by atoms with E-state index in [9.17, 15) is 9.00 Å². The monoisotopic (exact) mass is 592 g/mol. The van der Waals surface area contributed by atoms with Crippen LogP contribution in [-0.2, 0) is 20.9 Å². The lowest BCUT2D eigenvalue weighted by molar-refractivity contribution is -0.121. The van der Waals surface area contributed by atoms with Crippen LogP contribution >= 0.6 is 15.9 Å². The Bertz CT molecular complexity index is 1720. The number of hydrogen-bond donors (Lipinski definition) is 1. The minimum atomic E-state index is -2.42. The van der Waals surface area contributed by atoms with Gasteiger partial charge in [0.15, 0.2) is 5.65 Å². The Labute approximate surface area is 228 Å². The number of halogens is 1. The van der Waals surface area contributed by atoms with E-state index in [2.05, 4.69) is 45.5 Å². The zero-order chi connectivity index (χ0) is 26.3. The van der Waals surface area contributed by atoms with Crippen molar-refractivity contribution in [1.82, 2.24) is 30.0 Å². The van der Waals surface area contributed by atoms with Crippen LogP contribution in [0.25, 0.3) is 32.5 Å². The molecule has 4 heterocycles. The summed E-state index contributed by atoms with van der Waals surface area (Å²) < 4.78 is 19.4. The highest BCUT2D eigenvalue weighted by Gasteiger charge is 2.32. The number of carbonyl (C=O) groups excluding carboxylic acids is 1. The lowest BCUT2D eigenvalue weighted by Crippen LogP contribution is -2.36. The molecule has 1 saturated carbocycles. The maximum atomic E-state index is 12.9. The van der Waals surface area contributed by atoms with Crippen molar-refractivity contribution in [2.24, 2.45) is 16.2 Å². The molecule has 0 radical (unpaired) electrons. The van der Waals surface area contributed by atoms with Crippen LogP contribution in [0, 0.1) is 18.4 Å². The van der Waals surface area contributed by atoms with Gasteiger partial charge in [0, 0.05) is 49.3 Å². The molecule has 1 amide bonds. The summed E-state index contributed by atoms with van der Waals surface area (Å²) >= 11 is 3.52. The maximum Gasteiger partial charge on any atom is 0.256 e. The van der Waals surface area contributed by atoms with Gasteiger partial charge in [-0.05, 0) is 64.7 Å². The van der Waals surface area contributed by atoms with Crippen molar-refractivity contribution in [1.29, 1.82) is 0 Å². The fourth-order valence-corrected chi connectivity index (χ4v) is 7.54. The zero-order valence-corrected chi connectivity index (χ0v) is 22.9. The van der Waals surface area contributed by atoms with Crippen LogP contribution in [0.2, 0.25) is 0 Å². The number of benzene rings is 1. The first kappa shape index (κ1) is 25.0. The third-order valence-corrected chi connectivity index (χ3v) is 10.1. The summed E-state index contributed by atoms with van der Waals surface area (Å²) in [7, 11) is -2.42. The van der Waals surface area contributed by atoms with Crippen LogP contribution in [0.1, 0.15) is 25.1 Å². The Morgan fingerprint density at radius 2 is 2.11 bits per heavy atom. The van der Waals surface area contributed by atoms with Crippen molar-refractivity contribution >= 4 is 59.2 Å². The molecule has 2 aliphatic rings. The maximum absolute atomic E-state index is 12.9. The van der Waals surface area contributed by atoms with Gasteiger partial charge in [-0.1, -0.05) is 6.07 Å². The summed E-state index contributed by atoms with van der Waals surface area (Å²) in [5.74, 6) is 1.42. The van der Waals surface area contributed by atoms with E-state index in [1.165, 1.54) is 0 Å². The fraction of sp³-hybridized carbons (Fsp3) is 0.385. The first-order valence-corrected chi connectivity index (χ1v) is 15.2. The van der Waals surface area contributed by atoms with Crippen molar-refractivity contribution in [3.63, 3.8) is 0 Å². The molecule has 0 bridgehead atoms. The van der Waals surface area contributed by atoms with E-state index in [1.807, 2.05) is 18.2 Å². The van der Waals surface area contributed by atoms with Gasteiger partial charge < -0.3 is 5.32 Å². The minimum absolute atomic E-state index is 0.185. The number of aromatic nitrogens is 5. The number of nitrogens with zero attached hydrogens (tertiary/aromatic N) is 7. The summed E-state index contributed by atoms with van der Waals surface area (Å²) in [4.78, 5) is 30.3. The van der Waals surface area contributed by atoms with Gasteiger partial charge in [-0.2, -0.15) is 9.46 Å². The van der Waals surface area contributed by atoms with Crippen LogP contribution in [-0.4, -0.2) is 59.4 Å². The molecular formula is C26H25BrN8O2S. The van der Waals surface area contributed by atoms with E-state index in [0.29, 0.717) is 64.7 Å². The number of nitrogens with one attached hydrogen (secondary N) is 1. The highest BCUT2D eigenvalue weighted by atomic mass is 79.9.